The van der Waals surface area contributed by atoms with Crippen molar-refractivity contribution in [1.29, 1.82) is 0 Å². The highest BCUT2D eigenvalue weighted by molar-refractivity contribution is 6.35. The van der Waals surface area contributed by atoms with E-state index in [1.54, 1.807) is 25.1 Å². The Morgan fingerprint density at radius 1 is 1.38 bits per heavy atom. The fraction of sp³-hybridized carbons (Fsp3) is 0.364. The molecule has 0 aliphatic rings. The standard InChI is InChI=1S/C11H14Cl2N2O/c1-6(14)11(16)15-7(2)9-4-3-8(12)5-10(9)13/h3-7H,14H2,1-2H3,(H,15,16). The van der Waals surface area contributed by atoms with Gasteiger partial charge in [-0.15, -0.1) is 0 Å². The summed E-state index contributed by atoms with van der Waals surface area (Å²) in [6.07, 6.45) is 0. The van der Waals surface area contributed by atoms with Crippen LogP contribution in [0.3, 0.4) is 0 Å². The molecule has 16 heavy (non-hydrogen) atoms. The van der Waals surface area contributed by atoms with Crippen molar-refractivity contribution in [2.45, 2.75) is 25.9 Å². The summed E-state index contributed by atoms with van der Waals surface area (Å²) in [5.41, 5.74) is 6.28. The van der Waals surface area contributed by atoms with Gasteiger partial charge in [0.2, 0.25) is 5.91 Å². The SMILES string of the molecule is CC(N)C(=O)NC(C)c1ccc(Cl)cc1Cl. The van der Waals surface area contributed by atoms with Crippen molar-refractivity contribution in [3.63, 3.8) is 0 Å². The molecule has 0 aliphatic heterocycles. The lowest BCUT2D eigenvalue weighted by Crippen LogP contribution is -2.39. The molecule has 0 aromatic heterocycles. The molecule has 0 bridgehead atoms. The number of hydrogen-bond acceptors (Lipinski definition) is 2. The minimum absolute atomic E-state index is 0.191. The van der Waals surface area contributed by atoms with E-state index in [0.717, 1.165) is 5.56 Å². The fourth-order valence-electron chi connectivity index (χ4n) is 1.28. The highest BCUT2D eigenvalue weighted by atomic mass is 35.5. The molecule has 0 saturated carbocycles. The van der Waals surface area contributed by atoms with E-state index in [-0.39, 0.29) is 11.9 Å². The Morgan fingerprint density at radius 3 is 2.50 bits per heavy atom. The van der Waals surface area contributed by atoms with Gasteiger partial charge in [0.1, 0.15) is 0 Å². The van der Waals surface area contributed by atoms with Crippen LogP contribution < -0.4 is 11.1 Å². The molecule has 1 rings (SSSR count). The Bertz CT molecular complexity index is 394. The molecule has 2 atom stereocenters. The van der Waals surface area contributed by atoms with Crippen LogP contribution >= 0.6 is 23.2 Å². The first-order valence-electron chi connectivity index (χ1n) is 4.92. The smallest absolute Gasteiger partial charge is 0.237 e. The monoisotopic (exact) mass is 260 g/mol. The molecular weight excluding hydrogens is 247 g/mol. The van der Waals surface area contributed by atoms with Gasteiger partial charge in [-0.1, -0.05) is 29.3 Å². The van der Waals surface area contributed by atoms with Gasteiger partial charge in [0.05, 0.1) is 12.1 Å². The van der Waals surface area contributed by atoms with Crippen molar-refractivity contribution in [3.8, 4) is 0 Å². The number of amides is 1. The molecule has 3 nitrogen and oxygen atoms in total. The van der Waals surface area contributed by atoms with Gasteiger partial charge in [0.15, 0.2) is 0 Å². The van der Waals surface area contributed by atoms with Gasteiger partial charge in [-0.3, -0.25) is 4.79 Å². The first kappa shape index (κ1) is 13.3. The van der Waals surface area contributed by atoms with Gasteiger partial charge < -0.3 is 11.1 Å². The van der Waals surface area contributed by atoms with Gasteiger partial charge in [-0.25, -0.2) is 0 Å². The first-order chi connectivity index (χ1) is 7.41. The highest BCUT2D eigenvalue weighted by Crippen LogP contribution is 2.25. The first-order valence-corrected chi connectivity index (χ1v) is 5.68. The topological polar surface area (TPSA) is 55.1 Å². The summed E-state index contributed by atoms with van der Waals surface area (Å²) in [5, 5.41) is 3.87. The third kappa shape index (κ3) is 3.37. The molecule has 88 valence electrons. The minimum Gasteiger partial charge on any atom is -0.348 e. The Kier molecular flexibility index (Phi) is 4.59. The molecule has 2 unspecified atom stereocenters. The lowest BCUT2D eigenvalue weighted by atomic mass is 10.1. The van der Waals surface area contributed by atoms with Crippen molar-refractivity contribution < 1.29 is 4.79 Å². The number of nitrogens with one attached hydrogen (secondary N) is 1. The maximum atomic E-state index is 11.4. The Balaban J connectivity index is 2.80. The molecule has 1 amide bonds. The Labute approximate surface area is 105 Å². The van der Waals surface area contributed by atoms with Crippen molar-refractivity contribution >= 4 is 29.1 Å². The van der Waals surface area contributed by atoms with E-state index in [2.05, 4.69) is 5.32 Å². The summed E-state index contributed by atoms with van der Waals surface area (Å²) in [6, 6.07) is 4.44. The molecule has 3 N–H and O–H groups in total. The largest absolute Gasteiger partial charge is 0.348 e. The summed E-state index contributed by atoms with van der Waals surface area (Å²) in [6.45, 7) is 3.47. The quantitative estimate of drug-likeness (QED) is 0.878. The lowest BCUT2D eigenvalue weighted by Gasteiger charge is -2.17. The number of carbonyl (C=O) groups excluding carboxylic acids is 1. The number of halogens is 2. The predicted molar refractivity (Wildman–Crippen MR) is 66.7 cm³/mol. The van der Waals surface area contributed by atoms with Crippen LogP contribution in [0.4, 0.5) is 0 Å². The van der Waals surface area contributed by atoms with E-state index < -0.39 is 6.04 Å². The van der Waals surface area contributed by atoms with Crippen LogP contribution in [0.5, 0.6) is 0 Å². The summed E-state index contributed by atoms with van der Waals surface area (Å²) in [7, 11) is 0. The molecule has 1 aromatic rings. The lowest BCUT2D eigenvalue weighted by molar-refractivity contribution is -0.122. The molecule has 0 fully saturated rings. The molecule has 1 aromatic carbocycles. The summed E-state index contributed by atoms with van der Waals surface area (Å²) in [4.78, 5) is 11.4. The molecule has 0 spiro atoms. The van der Waals surface area contributed by atoms with Crippen LogP contribution in [-0.2, 0) is 4.79 Å². The van der Waals surface area contributed by atoms with E-state index in [0.29, 0.717) is 10.0 Å². The Morgan fingerprint density at radius 2 is 2.00 bits per heavy atom. The second-order valence-electron chi connectivity index (χ2n) is 3.68. The minimum atomic E-state index is -0.534. The number of benzene rings is 1. The van der Waals surface area contributed by atoms with Crippen LogP contribution in [0.25, 0.3) is 0 Å². The van der Waals surface area contributed by atoms with Crippen LogP contribution in [-0.4, -0.2) is 11.9 Å². The predicted octanol–water partition coefficient (Wildman–Crippen LogP) is 2.52. The molecule has 0 aliphatic carbocycles. The number of carbonyl (C=O) groups is 1. The Hall–Kier alpha value is -0.770. The van der Waals surface area contributed by atoms with Crippen molar-refractivity contribution in [2.24, 2.45) is 5.73 Å². The van der Waals surface area contributed by atoms with Gasteiger partial charge in [-0.2, -0.15) is 0 Å². The number of nitrogens with two attached hydrogens (primary N) is 1. The molecular formula is C11H14Cl2N2O. The third-order valence-electron chi connectivity index (χ3n) is 2.20. The zero-order valence-electron chi connectivity index (χ0n) is 9.13. The summed E-state index contributed by atoms with van der Waals surface area (Å²) in [5.74, 6) is -0.210. The number of hydrogen-bond donors (Lipinski definition) is 2. The maximum absolute atomic E-state index is 11.4. The second kappa shape index (κ2) is 5.53. The van der Waals surface area contributed by atoms with Crippen molar-refractivity contribution in [2.75, 3.05) is 0 Å². The second-order valence-corrected chi connectivity index (χ2v) is 4.53. The van der Waals surface area contributed by atoms with E-state index in [1.807, 2.05) is 6.92 Å². The fourth-order valence-corrected chi connectivity index (χ4v) is 1.85. The third-order valence-corrected chi connectivity index (χ3v) is 2.76. The van der Waals surface area contributed by atoms with E-state index in [4.69, 9.17) is 28.9 Å². The van der Waals surface area contributed by atoms with Crippen LogP contribution in [0.1, 0.15) is 25.5 Å². The van der Waals surface area contributed by atoms with Crippen molar-refractivity contribution in [1.82, 2.24) is 5.32 Å². The summed E-state index contributed by atoms with van der Waals surface area (Å²) < 4.78 is 0. The van der Waals surface area contributed by atoms with E-state index in [1.165, 1.54) is 0 Å². The van der Waals surface area contributed by atoms with Gasteiger partial charge in [-0.05, 0) is 31.5 Å². The van der Waals surface area contributed by atoms with Gasteiger partial charge in [0.25, 0.3) is 0 Å². The molecule has 0 saturated heterocycles. The average molecular weight is 261 g/mol. The van der Waals surface area contributed by atoms with Crippen LogP contribution in [0, 0.1) is 0 Å². The molecule has 0 heterocycles. The van der Waals surface area contributed by atoms with Gasteiger partial charge >= 0.3 is 0 Å². The molecule has 0 radical (unpaired) electrons. The molecule has 5 heteroatoms. The maximum Gasteiger partial charge on any atom is 0.237 e. The average Bonchev–Trinajstić information content (AvgIpc) is 2.16. The number of rotatable bonds is 3. The summed E-state index contributed by atoms with van der Waals surface area (Å²) >= 11 is 11.8. The van der Waals surface area contributed by atoms with Crippen LogP contribution in [0.15, 0.2) is 18.2 Å². The zero-order valence-corrected chi connectivity index (χ0v) is 10.6. The normalized spacial score (nSPS) is 14.3. The highest BCUT2D eigenvalue weighted by Gasteiger charge is 2.14. The van der Waals surface area contributed by atoms with E-state index >= 15 is 0 Å². The van der Waals surface area contributed by atoms with Crippen molar-refractivity contribution in [3.05, 3.63) is 33.8 Å². The van der Waals surface area contributed by atoms with E-state index in [9.17, 15) is 4.79 Å². The van der Waals surface area contributed by atoms with Gasteiger partial charge in [0, 0.05) is 10.0 Å². The zero-order chi connectivity index (χ0) is 12.3. The van der Waals surface area contributed by atoms with Crippen LogP contribution in [0.2, 0.25) is 10.0 Å².